The minimum Gasteiger partial charge on any atom is -0.497 e. The summed E-state index contributed by atoms with van der Waals surface area (Å²) in [6.45, 7) is 1.09. The van der Waals surface area contributed by atoms with Gasteiger partial charge in [0, 0.05) is 0 Å². The van der Waals surface area contributed by atoms with Crippen LogP contribution in [0.15, 0.2) is 65.8 Å². The van der Waals surface area contributed by atoms with Crippen LogP contribution in [0.5, 0.6) is 5.75 Å². The summed E-state index contributed by atoms with van der Waals surface area (Å²) in [4.78, 5) is 58.3. The van der Waals surface area contributed by atoms with Gasteiger partial charge in [0.1, 0.15) is 23.2 Å². The monoisotopic (exact) mass is 487 g/mol. The van der Waals surface area contributed by atoms with Crippen molar-refractivity contribution >= 4 is 34.6 Å². The number of anilines is 1. The summed E-state index contributed by atoms with van der Waals surface area (Å²) in [5, 5.41) is 9.92. The Kier molecular flexibility index (Phi) is 5.47. The molecule has 4 aromatic rings. The number of H-pyrrole nitrogens is 1. The Bertz CT molecular complexity index is 1560. The molecule has 1 atom stereocenters. The molecule has 0 bridgehead atoms. The Morgan fingerprint density at radius 2 is 1.86 bits per heavy atom. The van der Waals surface area contributed by atoms with Crippen molar-refractivity contribution in [3.05, 3.63) is 77.0 Å². The third kappa shape index (κ3) is 3.74. The van der Waals surface area contributed by atoms with Crippen molar-refractivity contribution in [3.63, 3.8) is 0 Å². The summed E-state index contributed by atoms with van der Waals surface area (Å²) >= 11 is 0. The molecule has 182 valence electrons. The molecule has 0 spiro atoms. The van der Waals surface area contributed by atoms with E-state index in [0.29, 0.717) is 28.3 Å². The number of hydrogen-bond donors (Lipinski definition) is 3. The van der Waals surface area contributed by atoms with Gasteiger partial charge in [-0.2, -0.15) is 5.10 Å². The molecule has 3 N–H and O–H groups in total. The van der Waals surface area contributed by atoms with Gasteiger partial charge in [-0.25, -0.2) is 14.5 Å². The number of nitrogens with one attached hydrogen (secondary N) is 3. The van der Waals surface area contributed by atoms with E-state index in [-0.39, 0.29) is 10.9 Å². The van der Waals surface area contributed by atoms with E-state index in [1.807, 2.05) is 0 Å². The molecule has 12 nitrogen and oxygen atoms in total. The SMILES string of the molecule is COc1ccc(C2(C)NC(=O)N(CC(=O)Nc3ccccc3-n3ncc4c(=O)[nH]cnc43)C2=O)cc1. The minimum atomic E-state index is -1.33. The van der Waals surface area contributed by atoms with Gasteiger partial charge in [0.15, 0.2) is 5.65 Å². The molecule has 1 aliphatic rings. The Balaban J connectivity index is 1.37. The maximum atomic E-state index is 13.2. The fourth-order valence-corrected chi connectivity index (χ4v) is 4.09. The Morgan fingerprint density at radius 1 is 1.11 bits per heavy atom. The molecule has 3 heterocycles. The number of aromatic amines is 1. The van der Waals surface area contributed by atoms with Crippen LogP contribution < -0.4 is 20.9 Å². The topological polar surface area (TPSA) is 151 Å². The fourth-order valence-electron chi connectivity index (χ4n) is 4.09. The average Bonchev–Trinajstić information content (AvgIpc) is 3.40. The van der Waals surface area contributed by atoms with Crippen LogP contribution in [-0.2, 0) is 15.1 Å². The van der Waals surface area contributed by atoms with Crippen LogP contribution in [-0.4, -0.2) is 56.1 Å². The molecule has 0 saturated carbocycles. The summed E-state index contributed by atoms with van der Waals surface area (Å²) in [6, 6.07) is 12.9. The van der Waals surface area contributed by atoms with Crippen LogP contribution in [0, 0.1) is 0 Å². The van der Waals surface area contributed by atoms with E-state index in [9.17, 15) is 19.2 Å². The predicted molar refractivity (Wildman–Crippen MR) is 129 cm³/mol. The first-order valence-electron chi connectivity index (χ1n) is 10.9. The fraction of sp³-hybridized carbons (Fsp3) is 0.167. The molecule has 1 unspecified atom stereocenters. The van der Waals surface area contributed by atoms with Crippen molar-refractivity contribution in [2.45, 2.75) is 12.5 Å². The molecular formula is C24H21N7O5. The maximum absolute atomic E-state index is 13.2. The summed E-state index contributed by atoms with van der Waals surface area (Å²) in [5.41, 5.74) is 0.0200. The third-order valence-corrected chi connectivity index (χ3v) is 6.02. The first-order chi connectivity index (χ1) is 17.3. The lowest BCUT2D eigenvalue weighted by Gasteiger charge is -2.22. The van der Waals surface area contributed by atoms with Crippen LogP contribution in [0.4, 0.5) is 10.5 Å². The van der Waals surface area contributed by atoms with Gasteiger partial charge < -0.3 is 20.4 Å². The smallest absolute Gasteiger partial charge is 0.325 e. The summed E-state index contributed by atoms with van der Waals surface area (Å²) in [5.74, 6) is -0.534. The lowest BCUT2D eigenvalue weighted by molar-refractivity contribution is -0.133. The van der Waals surface area contributed by atoms with E-state index in [0.717, 1.165) is 4.90 Å². The molecule has 1 fully saturated rings. The number of imide groups is 1. The number of nitrogens with zero attached hydrogens (tertiary/aromatic N) is 4. The molecular weight excluding hydrogens is 466 g/mol. The van der Waals surface area contributed by atoms with E-state index < -0.39 is 29.9 Å². The zero-order chi connectivity index (χ0) is 25.4. The second-order valence-corrected chi connectivity index (χ2v) is 8.27. The van der Waals surface area contributed by atoms with Gasteiger partial charge in [-0.15, -0.1) is 0 Å². The lowest BCUT2D eigenvalue weighted by atomic mass is 9.92. The number of amides is 4. The number of urea groups is 1. The van der Waals surface area contributed by atoms with Crippen LogP contribution in [0.25, 0.3) is 16.7 Å². The number of benzene rings is 2. The molecule has 2 aromatic heterocycles. The van der Waals surface area contributed by atoms with Gasteiger partial charge in [-0.3, -0.25) is 19.3 Å². The lowest BCUT2D eigenvalue weighted by Crippen LogP contribution is -2.42. The zero-order valence-corrected chi connectivity index (χ0v) is 19.3. The molecule has 1 saturated heterocycles. The molecule has 36 heavy (non-hydrogen) atoms. The van der Waals surface area contributed by atoms with E-state index >= 15 is 0 Å². The number of methoxy groups -OCH3 is 1. The molecule has 0 aliphatic carbocycles. The maximum Gasteiger partial charge on any atom is 0.325 e. The van der Waals surface area contributed by atoms with Crippen molar-refractivity contribution in [2.75, 3.05) is 19.0 Å². The Morgan fingerprint density at radius 3 is 2.61 bits per heavy atom. The van der Waals surface area contributed by atoms with E-state index in [4.69, 9.17) is 4.74 Å². The van der Waals surface area contributed by atoms with Crippen LogP contribution in [0.3, 0.4) is 0 Å². The van der Waals surface area contributed by atoms with Crippen LogP contribution in [0.1, 0.15) is 12.5 Å². The molecule has 0 radical (unpaired) electrons. The van der Waals surface area contributed by atoms with Crippen molar-refractivity contribution in [1.29, 1.82) is 0 Å². The van der Waals surface area contributed by atoms with Gasteiger partial charge in [-0.05, 0) is 36.8 Å². The second-order valence-electron chi connectivity index (χ2n) is 8.27. The number of hydrogen-bond acceptors (Lipinski definition) is 7. The Hall–Kier alpha value is -5.00. The summed E-state index contributed by atoms with van der Waals surface area (Å²) in [7, 11) is 1.53. The van der Waals surface area contributed by atoms with Gasteiger partial charge in [-0.1, -0.05) is 24.3 Å². The third-order valence-electron chi connectivity index (χ3n) is 6.02. The number of ether oxygens (including phenoxy) is 1. The standard InChI is InChI=1S/C24H21N7O5/c1-24(14-7-9-15(36-2)10-8-14)22(34)30(23(35)29-24)12-19(32)28-17-5-3-4-6-18(17)31-20-16(11-27-31)21(33)26-13-25-20/h3-11,13H,12H2,1-2H3,(H,28,32)(H,29,35)(H,25,26,33). The molecule has 2 aromatic carbocycles. The van der Waals surface area contributed by atoms with Crippen molar-refractivity contribution in [3.8, 4) is 11.4 Å². The van der Waals surface area contributed by atoms with E-state index in [2.05, 4.69) is 25.7 Å². The van der Waals surface area contributed by atoms with Gasteiger partial charge in [0.05, 0.1) is 31.0 Å². The largest absolute Gasteiger partial charge is 0.497 e. The zero-order valence-electron chi connectivity index (χ0n) is 19.3. The van der Waals surface area contributed by atoms with Gasteiger partial charge in [0.25, 0.3) is 11.5 Å². The number of aromatic nitrogens is 4. The number of rotatable bonds is 6. The molecule has 4 amide bonds. The quantitative estimate of drug-likeness (QED) is 0.349. The summed E-state index contributed by atoms with van der Waals surface area (Å²) in [6.07, 6.45) is 2.65. The number of para-hydroxylation sites is 2. The molecule has 12 heteroatoms. The summed E-state index contributed by atoms with van der Waals surface area (Å²) < 4.78 is 6.57. The highest BCUT2D eigenvalue weighted by Crippen LogP contribution is 2.30. The van der Waals surface area contributed by atoms with Crippen molar-refractivity contribution in [2.24, 2.45) is 0 Å². The molecule has 5 rings (SSSR count). The van der Waals surface area contributed by atoms with Crippen LogP contribution in [0.2, 0.25) is 0 Å². The number of fused-ring (bicyclic) bond motifs is 1. The highest BCUT2D eigenvalue weighted by molar-refractivity contribution is 6.10. The number of carbonyl (C=O) groups excluding carboxylic acids is 3. The van der Waals surface area contributed by atoms with Gasteiger partial charge >= 0.3 is 6.03 Å². The highest BCUT2D eigenvalue weighted by atomic mass is 16.5. The first kappa shape index (κ1) is 22.8. The van der Waals surface area contributed by atoms with E-state index in [1.165, 1.54) is 24.3 Å². The van der Waals surface area contributed by atoms with Crippen molar-refractivity contribution in [1.82, 2.24) is 30.0 Å². The average molecular weight is 487 g/mol. The van der Waals surface area contributed by atoms with Crippen molar-refractivity contribution < 1.29 is 19.1 Å². The predicted octanol–water partition coefficient (Wildman–Crippen LogP) is 1.52. The normalized spacial score (nSPS) is 17.3. The highest BCUT2D eigenvalue weighted by Gasteiger charge is 2.49. The van der Waals surface area contributed by atoms with E-state index in [1.54, 1.807) is 55.5 Å². The minimum absolute atomic E-state index is 0.288. The van der Waals surface area contributed by atoms with Crippen LogP contribution >= 0.6 is 0 Å². The van der Waals surface area contributed by atoms with Gasteiger partial charge in [0.2, 0.25) is 5.91 Å². The first-order valence-corrected chi connectivity index (χ1v) is 10.9. The second kappa shape index (κ2) is 8.65. The molecule has 1 aliphatic heterocycles. The Labute approximate surface area is 203 Å². The number of carbonyl (C=O) groups is 3.